The topological polar surface area (TPSA) is 102 Å². The van der Waals surface area contributed by atoms with Crippen molar-refractivity contribution in [2.24, 2.45) is 0 Å². The van der Waals surface area contributed by atoms with Gasteiger partial charge in [-0.3, -0.25) is 9.88 Å². The van der Waals surface area contributed by atoms with Gasteiger partial charge in [-0.05, 0) is 74.3 Å². The average molecular weight is 626 g/mol. The van der Waals surface area contributed by atoms with Crippen molar-refractivity contribution in [1.82, 2.24) is 24.8 Å². The van der Waals surface area contributed by atoms with Gasteiger partial charge in [0.2, 0.25) is 5.95 Å². The molecule has 2 aliphatic rings. The van der Waals surface area contributed by atoms with Crippen LogP contribution in [0, 0.1) is 6.92 Å². The van der Waals surface area contributed by atoms with Crippen LogP contribution in [-0.4, -0.2) is 89.3 Å². The second kappa shape index (κ2) is 12.5. The van der Waals surface area contributed by atoms with Gasteiger partial charge in [-0.15, -0.1) is 0 Å². The number of piperazine rings is 1. The third kappa shape index (κ3) is 6.91. The van der Waals surface area contributed by atoms with Gasteiger partial charge in [-0.1, -0.05) is 0 Å². The largest absolute Gasteiger partial charge is 0.494 e. The number of aromatic nitrogens is 3. The molecular weight excluding hydrogens is 584 g/mol. The monoisotopic (exact) mass is 624 g/mol. The Labute approximate surface area is 251 Å². The Kier molecular flexibility index (Phi) is 8.98. The van der Waals surface area contributed by atoms with E-state index in [2.05, 4.69) is 77.3 Å². The molecule has 0 amide bonds. The zero-order chi connectivity index (χ0) is 29.1. The van der Waals surface area contributed by atoms with Crippen molar-refractivity contribution in [1.29, 1.82) is 0 Å². The number of piperidine rings is 1. The first-order valence-corrected chi connectivity index (χ1v) is 15.0. The highest BCUT2D eigenvalue weighted by Crippen LogP contribution is 2.37. The van der Waals surface area contributed by atoms with Gasteiger partial charge in [0.15, 0.2) is 0 Å². The number of halogens is 1. The van der Waals surface area contributed by atoms with Gasteiger partial charge in [-0.2, -0.15) is 4.98 Å². The molecule has 0 aliphatic carbocycles. The van der Waals surface area contributed by atoms with E-state index in [0.717, 1.165) is 37.6 Å². The molecule has 11 heteroatoms. The summed E-state index contributed by atoms with van der Waals surface area (Å²) in [6.07, 6.45) is 7.39. The highest BCUT2D eigenvalue weighted by Gasteiger charge is 2.28. The van der Waals surface area contributed by atoms with Crippen molar-refractivity contribution in [3.63, 3.8) is 0 Å². The Bertz CT molecular complexity index is 1350. The van der Waals surface area contributed by atoms with E-state index < -0.39 is 5.60 Å². The zero-order valence-corrected chi connectivity index (χ0v) is 26.2. The molecule has 5 rings (SSSR count). The fourth-order valence-electron chi connectivity index (χ4n) is 5.73. The quantitative estimate of drug-likeness (QED) is 0.321. The lowest BCUT2D eigenvalue weighted by atomic mass is 9.98. The van der Waals surface area contributed by atoms with Crippen molar-refractivity contribution < 1.29 is 9.84 Å². The van der Waals surface area contributed by atoms with E-state index in [0.29, 0.717) is 33.5 Å². The van der Waals surface area contributed by atoms with Gasteiger partial charge in [0.25, 0.3) is 0 Å². The van der Waals surface area contributed by atoms with Gasteiger partial charge < -0.3 is 30.3 Å². The second-order valence-electron chi connectivity index (χ2n) is 11.5. The maximum absolute atomic E-state index is 10.6. The molecule has 3 N–H and O–H groups in total. The molecular formula is C30H41BrN8O2. The van der Waals surface area contributed by atoms with Crippen molar-refractivity contribution in [2.75, 3.05) is 69.0 Å². The van der Waals surface area contributed by atoms with Crippen LogP contribution in [0.4, 0.5) is 28.8 Å². The van der Waals surface area contributed by atoms with E-state index in [-0.39, 0.29) is 0 Å². The van der Waals surface area contributed by atoms with Crippen molar-refractivity contribution in [3.05, 3.63) is 52.4 Å². The van der Waals surface area contributed by atoms with Crippen LogP contribution in [0.15, 0.2) is 41.3 Å². The first-order chi connectivity index (χ1) is 19.6. The number of ether oxygens (including phenoxy) is 1. The van der Waals surface area contributed by atoms with E-state index in [1.165, 1.54) is 37.2 Å². The number of methoxy groups -OCH3 is 1. The fraction of sp³-hybridized carbons (Fsp3) is 0.500. The summed E-state index contributed by atoms with van der Waals surface area (Å²) >= 11 is 3.54. The number of aryl methyl sites for hydroxylation is 1. The van der Waals surface area contributed by atoms with Crippen LogP contribution < -0.4 is 20.3 Å². The first-order valence-electron chi connectivity index (χ1n) is 14.2. The molecule has 0 bridgehead atoms. The standard InChI is InChI=1S/C30H41BrN8O2/c1-20-16-24(27(41-5)17-26(20)39-10-7-21(8-11-39)38-14-12-37(4)13-15-38)35-29-33-18-23(31)28(36-29)34-25-19-32-9-6-22(25)30(2,3)40/h6,9,16-19,21,40H,7-8,10-15H2,1-5H3,(H2,33,34,35,36). The summed E-state index contributed by atoms with van der Waals surface area (Å²) in [5, 5.41) is 17.2. The van der Waals surface area contributed by atoms with E-state index in [1.54, 1.807) is 45.6 Å². The van der Waals surface area contributed by atoms with Crippen LogP contribution in [0.1, 0.15) is 37.8 Å². The van der Waals surface area contributed by atoms with Crippen molar-refractivity contribution >= 4 is 44.8 Å². The molecule has 0 radical (unpaired) electrons. The second-order valence-corrected chi connectivity index (χ2v) is 12.4. The summed E-state index contributed by atoms with van der Waals surface area (Å²) in [7, 11) is 3.90. The lowest BCUT2D eigenvalue weighted by Gasteiger charge is -2.43. The number of anilines is 5. The molecule has 2 aliphatic heterocycles. The predicted octanol–water partition coefficient (Wildman–Crippen LogP) is 4.88. The highest BCUT2D eigenvalue weighted by atomic mass is 79.9. The maximum atomic E-state index is 10.6. The van der Waals surface area contributed by atoms with Gasteiger partial charge in [0.1, 0.15) is 11.6 Å². The van der Waals surface area contributed by atoms with Crippen LogP contribution in [0.25, 0.3) is 0 Å². The maximum Gasteiger partial charge on any atom is 0.229 e. The number of rotatable bonds is 8. The zero-order valence-electron chi connectivity index (χ0n) is 24.6. The third-order valence-corrected chi connectivity index (χ3v) is 8.68. The molecule has 0 saturated carbocycles. The number of likely N-dealkylation sites (N-methyl/N-ethyl adjacent to an activating group) is 1. The molecule has 0 atom stereocenters. The minimum atomic E-state index is -1.04. The number of benzene rings is 1. The van der Waals surface area contributed by atoms with Gasteiger partial charge in [0.05, 0.1) is 34.8 Å². The molecule has 4 heterocycles. The summed E-state index contributed by atoms with van der Waals surface area (Å²) in [5.74, 6) is 1.71. The number of nitrogens with one attached hydrogen (secondary N) is 2. The molecule has 3 aromatic rings. The van der Waals surface area contributed by atoms with Gasteiger partial charge in [-0.25, -0.2) is 4.98 Å². The Morgan fingerprint density at radius 1 is 1.02 bits per heavy atom. The van der Waals surface area contributed by atoms with Crippen LogP contribution in [-0.2, 0) is 5.60 Å². The summed E-state index contributed by atoms with van der Waals surface area (Å²) in [4.78, 5) is 21.0. The molecule has 41 heavy (non-hydrogen) atoms. The molecule has 0 spiro atoms. The molecule has 1 aromatic carbocycles. The van der Waals surface area contributed by atoms with Crippen LogP contribution >= 0.6 is 15.9 Å². The normalized spacial score (nSPS) is 17.5. The fourth-order valence-corrected chi connectivity index (χ4v) is 6.02. The van der Waals surface area contributed by atoms with Crippen LogP contribution in [0.2, 0.25) is 0 Å². The molecule has 2 aromatic heterocycles. The Balaban J connectivity index is 1.30. The summed E-state index contributed by atoms with van der Waals surface area (Å²) in [6, 6.07) is 6.69. The Hall–Kier alpha value is -2.99. The molecule has 2 saturated heterocycles. The lowest BCUT2D eigenvalue weighted by Crippen LogP contribution is -2.52. The summed E-state index contributed by atoms with van der Waals surface area (Å²) < 4.78 is 6.50. The van der Waals surface area contributed by atoms with E-state index >= 15 is 0 Å². The minimum absolute atomic E-state index is 0.419. The summed E-state index contributed by atoms with van der Waals surface area (Å²) in [6.45, 7) is 12.4. The summed E-state index contributed by atoms with van der Waals surface area (Å²) in [5.41, 5.74) is 3.52. The smallest absolute Gasteiger partial charge is 0.229 e. The SMILES string of the molecule is COc1cc(N2CCC(N3CCN(C)CC3)CC2)c(C)cc1Nc1ncc(Br)c(Nc2cnccc2C(C)(C)O)n1. The van der Waals surface area contributed by atoms with Crippen LogP contribution in [0.5, 0.6) is 5.75 Å². The molecule has 0 unspecified atom stereocenters. The lowest BCUT2D eigenvalue weighted by molar-refractivity contribution is 0.0793. The van der Waals surface area contributed by atoms with Crippen molar-refractivity contribution in [3.8, 4) is 5.75 Å². The van der Waals surface area contributed by atoms with E-state index in [1.807, 2.05) is 0 Å². The molecule has 220 valence electrons. The van der Waals surface area contributed by atoms with E-state index in [9.17, 15) is 5.11 Å². The number of hydrogen-bond acceptors (Lipinski definition) is 10. The van der Waals surface area contributed by atoms with Gasteiger partial charge >= 0.3 is 0 Å². The van der Waals surface area contributed by atoms with Crippen molar-refractivity contribution in [2.45, 2.75) is 45.3 Å². The number of hydrogen-bond donors (Lipinski definition) is 3. The number of aliphatic hydroxyl groups is 1. The van der Waals surface area contributed by atoms with E-state index in [4.69, 9.17) is 9.72 Å². The minimum Gasteiger partial charge on any atom is -0.494 e. The average Bonchev–Trinajstić information content (AvgIpc) is 2.95. The highest BCUT2D eigenvalue weighted by molar-refractivity contribution is 9.10. The predicted molar refractivity (Wildman–Crippen MR) is 168 cm³/mol. The number of nitrogens with zero attached hydrogens (tertiary/aromatic N) is 6. The molecule has 2 fully saturated rings. The van der Waals surface area contributed by atoms with Gasteiger partial charge in [0, 0.05) is 75.0 Å². The third-order valence-electron chi connectivity index (χ3n) is 8.10. The Morgan fingerprint density at radius 2 is 1.76 bits per heavy atom. The Morgan fingerprint density at radius 3 is 2.44 bits per heavy atom. The molecule has 10 nitrogen and oxygen atoms in total. The number of pyridine rings is 1. The first kappa shape index (κ1) is 29.5. The van der Waals surface area contributed by atoms with Crippen LogP contribution in [0.3, 0.4) is 0 Å².